The van der Waals surface area contributed by atoms with Crippen LogP contribution in [0.25, 0.3) is 21.3 Å². The zero-order valence-electron chi connectivity index (χ0n) is 15.4. The molecule has 28 heavy (non-hydrogen) atoms. The van der Waals surface area contributed by atoms with Crippen LogP contribution in [0.1, 0.15) is 12.6 Å². The minimum Gasteiger partial charge on any atom is -0.324 e. The van der Waals surface area contributed by atoms with E-state index in [-0.39, 0.29) is 5.91 Å². The number of benzene rings is 2. The number of aryl methyl sites for hydroxylation is 1. The van der Waals surface area contributed by atoms with Crippen LogP contribution in [0.4, 0.5) is 10.8 Å². The third-order valence-electron chi connectivity index (χ3n) is 4.11. The molecule has 4 aromatic rings. The fourth-order valence-corrected chi connectivity index (χ4v) is 4.38. The van der Waals surface area contributed by atoms with Crippen LogP contribution in [0, 0.1) is 6.92 Å². The maximum Gasteiger partial charge on any atom is 0.223 e. The lowest BCUT2D eigenvalue weighted by atomic mass is 10.1. The normalized spacial score (nSPS) is 10.8. The van der Waals surface area contributed by atoms with Crippen molar-refractivity contribution in [1.82, 2.24) is 9.97 Å². The number of fused-ring (bicyclic) bond motifs is 1. The predicted octanol–water partition coefficient (Wildman–Crippen LogP) is 5.74. The molecule has 7 heteroatoms. The van der Waals surface area contributed by atoms with Crippen LogP contribution in [0.2, 0.25) is 0 Å². The second-order valence-corrected chi connectivity index (χ2v) is 8.17. The molecular formula is C21H18N4OS2. The summed E-state index contributed by atoms with van der Waals surface area (Å²) in [7, 11) is 0. The summed E-state index contributed by atoms with van der Waals surface area (Å²) in [5, 5.41) is 3.36. The van der Waals surface area contributed by atoms with Crippen LogP contribution in [-0.2, 0) is 4.79 Å². The van der Waals surface area contributed by atoms with Crippen molar-refractivity contribution < 1.29 is 4.79 Å². The average Bonchev–Trinajstić information content (AvgIpc) is 3.08. The van der Waals surface area contributed by atoms with Gasteiger partial charge in [-0.05, 0) is 54.8 Å². The number of nitrogens with zero attached hydrogens (tertiary/aromatic N) is 2. The van der Waals surface area contributed by atoms with Crippen LogP contribution in [0.15, 0.2) is 65.7 Å². The lowest BCUT2D eigenvalue weighted by molar-refractivity contribution is -0.114. The first-order chi connectivity index (χ1) is 13.6. The summed E-state index contributed by atoms with van der Waals surface area (Å²) in [4.78, 5) is 21.4. The number of carbonyl (C=O) groups is 1. The number of amides is 1. The SMILES string of the molecule is CC(=O)Nc1nc2ccc(-c3cnc(C)c(NSc4ccccc4)c3)cc2s1. The maximum absolute atomic E-state index is 11.3. The highest BCUT2D eigenvalue weighted by Crippen LogP contribution is 2.32. The van der Waals surface area contributed by atoms with Gasteiger partial charge in [-0.2, -0.15) is 0 Å². The highest BCUT2D eigenvalue weighted by molar-refractivity contribution is 8.00. The van der Waals surface area contributed by atoms with Crippen LogP contribution in [0.5, 0.6) is 0 Å². The second kappa shape index (κ2) is 8.00. The van der Waals surface area contributed by atoms with E-state index >= 15 is 0 Å². The van der Waals surface area contributed by atoms with Crippen LogP contribution < -0.4 is 10.0 Å². The van der Waals surface area contributed by atoms with E-state index in [2.05, 4.69) is 44.3 Å². The number of pyridine rings is 1. The highest BCUT2D eigenvalue weighted by atomic mass is 32.2. The van der Waals surface area contributed by atoms with Gasteiger partial charge in [0.15, 0.2) is 5.13 Å². The summed E-state index contributed by atoms with van der Waals surface area (Å²) in [6.45, 7) is 3.47. The standard InChI is InChI=1S/C21H18N4OS2/c1-13-19(25-28-17-6-4-3-5-7-17)10-16(12-22-13)15-8-9-18-20(11-15)27-21(24-18)23-14(2)26/h3-12,25H,1-2H3,(H,23,24,26). The molecule has 0 unspecified atom stereocenters. The highest BCUT2D eigenvalue weighted by Gasteiger charge is 2.09. The van der Waals surface area contributed by atoms with Crippen molar-refractivity contribution in [3.8, 4) is 11.1 Å². The molecule has 140 valence electrons. The predicted molar refractivity (Wildman–Crippen MR) is 118 cm³/mol. The van der Waals surface area contributed by atoms with Gasteiger partial charge in [-0.15, -0.1) is 0 Å². The Morgan fingerprint density at radius 1 is 1.07 bits per heavy atom. The first-order valence-corrected chi connectivity index (χ1v) is 10.3. The van der Waals surface area contributed by atoms with E-state index in [1.807, 2.05) is 43.5 Å². The minimum absolute atomic E-state index is 0.117. The molecule has 2 N–H and O–H groups in total. The molecule has 0 aliphatic heterocycles. The van der Waals surface area contributed by atoms with E-state index < -0.39 is 0 Å². The summed E-state index contributed by atoms with van der Waals surface area (Å²) in [6, 6.07) is 18.4. The summed E-state index contributed by atoms with van der Waals surface area (Å²) in [5.41, 5.74) is 4.88. The number of hydrogen-bond donors (Lipinski definition) is 2. The smallest absolute Gasteiger partial charge is 0.223 e. The van der Waals surface area contributed by atoms with Crippen molar-refractivity contribution in [3.05, 3.63) is 66.5 Å². The molecule has 1 amide bonds. The third-order valence-corrected chi connectivity index (χ3v) is 5.88. The Balaban J connectivity index is 1.60. The summed E-state index contributed by atoms with van der Waals surface area (Å²) >= 11 is 3.03. The van der Waals surface area contributed by atoms with Crippen molar-refractivity contribution >= 4 is 50.2 Å². The number of carbonyl (C=O) groups excluding carboxylic acids is 1. The number of hydrogen-bond acceptors (Lipinski definition) is 6. The van der Waals surface area contributed by atoms with E-state index in [9.17, 15) is 4.79 Å². The van der Waals surface area contributed by atoms with Gasteiger partial charge in [0.25, 0.3) is 0 Å². The van der Waals surface area contributed by atoms with E-state index in [1.54, 1.807) is 11.9 Å². The monoisotopic (exact) mass is 406 g/mol. The van der Waals surface area contributed by atoms with Crippen molar-refractivity contribution in [2.24, 2.45) is 0 Å². The molecule has 0 radical (unpaired) electrons. The van der Waals surface area contributed by atoms with E-state index in [0.717, 1.165) is 37.6 Å². The third kappa shape index (κ3) is 4.16. The van der Waals surface area contributed by atoms with Crippen molar-refractivity contribution in [2.75, 3.05) is 10.0 Å². The van der Waals surface area contributed by atoms with Gasteiger partial charge in [0.1, 0.15) is 0 Å². The number of rotatable bonds is 5. The van der Waals surface area contributed by atoms with E-state index in [1.165, 1.54) is 18.3 Å². The van der Waals surface area contributed by atoms with Crippen molar-refractivity contribution in [2.45, 2.75) is 18.7 Å². The minimum atomic E-state index is -0.117. The maximum atomic E-state index is 11.3. The molecule has 2 aromatic carbocycles. The van der Waals surface area contributed by atoms with E-state index in [0.29, 0.717) is 5.13 Å². The van der Waals surface area contributed by atoms with Crippen LogP contribution in [-0.4, -0.2) is 15.9 Å². The fourth-order valence-electron chi connectivity index (χ4n) is 2.70. The molecule has 0 bridgehead atoms. The van der Waals surface area contributed by atoms with Gasteiger partial charge in [-0.25, -0.2) is 4.98 Å². The van der Waals surface area contributed by atoms with Gasteiger partial charge in [0.2, 0.25) is 5.91 Å². The molecule has 0 atom stereocenters. The molecular weight excluding hydrogens is 388 g/mol. The van der Waals surface area contributed by atoms with Crippen LogP contribution >= 0.6 is 23.3 Å². The number of thiazole rings is 1. The Hall–Kier alpha value is -2.90. The fraction of sp³-hybridized carbons (Fsp3) is 0.0952. The lowest BCUT2D eigenvalue weighted by Gasteiger charge is -2.10. The molecule has 0 aliphatic rings. The molecule has 0 aliphatic carbocycles. The Morgan fingerprint density at radius 3 is 2.68 bits per heavy atom. The van der Waals surface area contributed by atoms with Gasteiger partial charge < -0.3 is 10.0 Å². The Bertz CT molecular complexity index is 1140. The Labute approximate surface area is 171 Å². The average molecular weight is 407 g/mol. The summed E-state index contributed by atoms with van der Waals surface area (Å²) in [5.74, 6) is -0.117. The summed E-state index contributed by atoms with van der Waals surface area (Å²) < 4.78 is 4.42. The first kappa shape index (κ1) is 18.5. The molecule has 4 rings (SSSR count). The molecule has 2 heterocycles. The van der Waals surface area contributed by atoms with E-state index in [4.69, 9.17) is 0 Å². The van der Waals surface area contributed by atoms with Crippen LogP contribution in [0.3, 0.4) is 0 Å². The molecule has 5 nitrogen and oxygen atoms in total. The number of anilines is 2. The number of aromatic nitrogens is 2. The van der Waals surface area contributed by atoms with Gasteiger partial charge in [-0.1, -0.05) is 35.6 Å². The number of nitrogens with one attached hydrogen (secondary N) is 2. The van der Waals surface area contributed by atoms with Crippen molar-refractivity contribution in [3.63, 3.8) is 0 Å². The Kier molecular flexibility index (Phi) is 5.27. The van der Waals surface area contributed by atoms with Gasteiger partial charge in [-0.3, -0.25) is 9.78 Å². The van der Waals surface area contributed by atoms with Gasteiger partial charge in [0, 0.05) is 23.6 Å². The molecule has 0 spiro atoms. The molecule has 2 aromatic heterocycles. The zero-order valence-corrected chi connectivity index (χ0v) is 17.0. The Morgan fingerprint density at radius 2 is 1.89 bits per heavy atom. The zero-order chi connectivity index (χ0) is 19.5. The molecule has 0 saturated heterocycles. The largest absolute Gasteiger partial charge is 0.324 e. The molecule has 0 saturated carbocycles. The first-order valence-electron chi connectivity index (χ1n) is 8.71. The lowest BCUT2D eigenvalue weighted by Crippen LogP contribution is -2.04. The van der Waals surface area contributed by atoms with Gasteiger partial charge in [0.05, 0.1) is 21.6 Å². The second-order valence-electron chi connectivity index (χ2n) is 6.26. The van der Waals surface area contributed by atoms with Gasteiger partial charge >= 0.3 is 0 Å². The molecule has 0 fully saturated rings. The van der Waals surface area contributed by atoms with Crippen molar-refractivity contribution in [1.29, 1.82) is 0 Å². The quantitative estimate of drug-likeness (QED) is 0.413. The summed E-state index contributed by atoms with van der Waals surface area (Å²) in [6.07, 6.45) is 1.88. The topological polar surface area (TPSA) is 66.9 Å².